The minimum atomic E-state index is -0.470. The molecule has 0 fully saturated rings. The second-order valence-electron chi connectivity index (χ2n) is 5.10. The predicted octanol–water partition coefficient (Wildman–Crippen LogP) is 2.17. The molecule has 1 N–H and O–H groups in total. The van der Waals surface area contributed by atoms with Crippen LogP contribution < -0.4 is 15.0 Å². The number of hydrogen-bond acceptors (Lipinski definition) is 4. The summed E-state index contributed by atoms with van der Waals surface area (Å²) >= 11 is 0. The van der Waals surface area contributed by atoms with E-state index >= 15 is 0 Å². The molecule has 0 saturated carbocycles. The molecule has 0 bridgehead atoms. The lowest BCUT2D eigenvalue weighted by Crippen LogP contribution is -2.41. The summed E-state index contributed by atoms with van der Waals surface area (Å²) in [6.07, 6.45) is 1.80. The molecule has 0 spiro atoms. The van der Waals surface area contributed by atoms with E-state index in [1.165, 1.54) is 0 Å². The Morgan fingerprint density at radius 2 is 2.26 bits per heavy atom. The number of nitriles is 1. The van der Waals surface area contributed by atoms with Crippen molar-refractivity contribution in [2.75, 3.05) is 31.6 Å². The zero-order valence-electron chi connectivity index (χ0n) is 11.6. The smallest absolute Gasteiger partial charge is 0.142 e. The normalized spacial score (nSPS) is 17.6. The maximum absolute atomic E-state index is 9.21. The van der Waals surface area contributed by atoms with Crippen molar-refractivity contribution in [1.29, 1.82) is 5.26 Å². The molecule has 2 rings (SSSR count). The first-order chi connectivity index (χ1) is 9.18. The van der Waals surface area contributed by atoms with Crippen molar-refractivity contribution in [1.82, 2.24) is 5.32 Å². The van der Waals surface area contributed by atoms with E-state index in [1.807, 2.05) is 32.2 Å². The molecular weight excluding hydrogens is 238 g/mol. The Morgan fingerprint density at radius 3 is 3.00 bits per heavy atom. The van der Waals surface area contributed by atoms with Gasteiger partial charge in [0.1, 0.15) is 11.3 Å². The van der Waals surface area contributed by atoms with E-state index in [1.54, 1.807) is 0 Å². The van der Waals surface area contributed by atoms with Crippen molar-refractivity contribution in [3.05, 3.63) is 24.3 Å². The van der Waals surface area contributed by atoms with Crippen LogP contribution in [0.5, 0.6) is 5.75 Å². The highest BCUT2D eigenvalue weighted by molar-refractivity contribution is 5.58. The monoisotopic (exact) mass is 259 g/mol. The predicted molar refractivity (Wildman–Crippen MR) is 76.5 cm³/mol. The Labute approximate surface area is 115 Å². The molecule has 0 radical (unpaired) electrons. The summed E-state index contributed by atoms with van der Waals surface area (Å²) in [5.74, 6) is 0.947. The van der Waals surface area contributed by atoms with Gasteiger partial charge in [0.25, 0.3) is 0 Å². The van der Waals surface area contributed by atoms with Gasteiger partial charge in [0.15, 0.2) is 0 Å². The number of rotatable bonds is 4. The summed E-state index contributed by atoms with van der Waals surface area (Å²) in [7, 11) is 1.84. The van der Waals surface area contributed by atoms with Crippen LogP contribution >= 0.6 is 0 Å². The second-order valence-corrected chi connectivity index (χ2v) is 5.10. The van der Waals surface area contributed by atoms with Gasteiger partial charge in [-0.1, -0.05) is 12.1 Å². The molecule has 4 heteroatoms. The van der Waals surface area contributed by atoms with Crippen molar-refractivity contribution < 1.29 is 4.74 Å². The molecule has 0 amide bonds. The van der Waals surface area contributed by atoms with Gasteiger partial charge in [0.2, 0.25) is 0 Å². The minimum absolute atomic E-state index is 0.470. The molecule has 1 aliphatic heterocycles. The topological polar surface area (TPSA) is 48.3 Å². The summed E-state index contributed by atoms with van der Waals surface area (Å²) in [4.78, 5) is 2.31. The van der Waals surface area contributed by atoms with E-state index in [9.17, 15) is 5.26 Å². The number of para-hydroxylation sites is 2. The number of fused-ring (bicyclic) bond motifs is 1. The third-order valence-electron chi connectivity index (χ3n) is 3.72. The first-order valence-corrected chi connectivity index (χ1v) is 6.75. The second kappa shape index (κ2) is 5.94. The van der Waals surface area contributed by atoms with Gasteiger partial charge in [-0.25, -0.2) is 0 Å². The van der Waals surface area contributed by atoms with Gasteiger partial charge >= 0.3 is 0 Å². The highest BCUT2D eigenvalue weighted by Crippen LogP contribution is 2.30. The summed E-state index contributed by atoms with van der Waals surface area (Å²) in [6.45, 7) is 4.52. The van der Waals surface area contributed by atoms with E-state index < -0.39 is 5.54 Å². The van der Waals surface area contributed by atoms with Crippen LogP contribution in [-0.2, 0) is 0 Å². The van der Waals surface area contributed by atoms with Gasteiger partial charge in [0, 0.05) is 13.1 Å². The molecule has 0 saturated heterocycles. The Balaban J connectivity index is 2.11. The van der Waals surface area contributed by atoms with Crippen LogP contribution in [0, 0.1) is 11.3 Å². The molecular formula is C15H21N3O. The minimum Gasteiger partial charge on any atom is -0.491 e. The van der Waals surface area contributed by atoms with Crippen molar-refractivity contribution >= 4 is 5.69 Å². The highest BCUT2D eigenvalue weighted by Gasteiger charge is 2.23. The fourth-order valence-corrected chi connectivity index (χ4v) is 2.23. The summed E-state index contributed by atoms with van der Waals surface area (Å²) in [6, 6.07) is 10.5. The average Bonchev–Trinajstić information content (AvgIpc) is 2.67. The highest BCUT2D eigenvalue weighted by atomic mass is 16.5. The van der Waals surface area contributed by atoms with Gasteiger partial charge in [-0.3, -0.25) is 0 Å². The number of hydrogen-bond donors (Lipinski definition) is 1. The molecule has 1 heterocycles. The number of anilines is 1. The fourth-order valence-electron chi connectivity index (χ4n) is 2.23. The van der Waals surface area contributed by atoms with Crippen LogP contribution in [0.1, 0.15) is 19.8 Å². The van der Waals surface area contributed by atoms with Crippen LogP contribution in [0.4, 0.5) is 5.69 Å². The van der Waals surface area contributed by atoms with Gasteiger partial charge in [-0.2, -0.15) is 5.26 Å². The largest absolute Gasteiger partial charge is 0.491 e. The van der Waals surface area contributed by atoms with Crippen molar-refractivity contribution in [3.63, 3.8) is 0 Å². The lowest BCUT2D eigenvalue weighted by molar-refractivity contribution is 0.322. The Hall–Kier alpha value is -1.73. The van der Waals surface area contributed by atoms with E-state index in [4.69, 9.17) is 4.74 Å². The number of ether oxygens (including phenoxy) is 1. The Kier molecular flexibility index (Phi) is 4.28. The van der Waals surface area contributed by atoms with Crippen LogP contribution in [0.3, 0.4) is 0 Å². The first-order valence-electron chi connectivity index (χ1n) is 6.75. The molecule has 1 unspecified atom stereocenters. The SMILES string of the molecule is CNC(C)(C#N)CCN1CCCOc2ccccc21. The molecule has 1 atom stereocenters. The summed E-state index contributed by atoms with van der Waals surface area (Å²) in [5.41, 5.74) is 0.665. The summed E-state index contributed by atoms with van der Waals surface area (Å²) in [5, 5.41) is 12.3. The van der Waals surface area contributed by atoms with E-state index in [0.717, 1.165) is 44.0 Å². The zero-order valence-corrected chi connectivity index (χ0v) is 11.6. The van der Waals surface area contributed by atoms with Crippen LogP contribution in [0.15, 0.2) is 24.3 Å². The summed E-state index contributed by atoms with van der Waals surface area (Å²) < 4.78 is 5.74. The number of nitrogens with one attached hydrogen (secondary N) is 1. The van der Waals surface area contributed by atoms with E-state index in [0.29, 0.717) is 0 Å². The van der Waals surface area contributed by atoms with Crippen LogP contribution in [0.25, 0.3) is 0 Å². The van der Waals surface area contributed by atoms with Gasteiger partial charge in [-0.05, 0) is 38.9 Å². The van der Waals surface area contributed by atoms with Crippen molar-refractivity contribution in [3.8, 4) is 11.8 Å². The number of benzene rings is 1. The molecule has 1 aromatic rings. The molecule has 1 aromatic carbocycles. The quantitative estimate of drug-likeness (QED) is 0.900. The molecule has 1 aliphatic rings. The van der Waals surface area contributed by atoms with Gasteiger partial charge in [-0.15, -0.1) is 0 Å². The maximum Gasteiger partial charge on any atom is 0.142 e. The Bertz CT molecular complexity index is 469. The van der Waals surface area contributed by atoms with Crippen LogP contribution in [0.2, 0.25) is 0 Å². The van der Waals surface area contributed by atoms with Crippen LogP contribution in [-0.4, -0.2) is 32.3 Å². The Morgan fingerprint density at radius 1 is 1.47 bits per heavy atom. The first kappa shape index (κ1) is 13.7. The number of nitrogens with zero attached hydrogens (tertiary/aromatic N) is 2. The fraction of sp³-hybridized carbons (Fsp3) is 0.533. The van der Waals surface area contributed by atoms with E-state index in [2.05, 4.69) is 22.4 Å². The molecule has 19 heavy (non-hydrogen) atoms. The lowest BCUT2D eigenvalue weighted by atomic mass is 10.00. The van der Waals surface area contributed by atoms with Crippen molar-refractivity contribution in [2.24, 2.45) is 0 Å². The molecule has 0 aromatic heterocycles. The third kappa shape index (κ3) is 3.18. The molecule has 0 aliphatic carbocycles. The van der Waals surface area contributed by atoms with E-state index in [-0.39, 0.29) is 0 Å². The van der Waals surface area contributed by atoms with Gasteiger partial charge in [0.05, 0.1) is 18.4 Å². The van der Waals surface area contributed by atoms with Gasteiger partial charge < -0.3 is 15.0 Å². The lowest BCUT2D eigenvalue weighted by Gasteiger charge is -2.28. The average molecular weight is 259 g/mol. The molecule has 102 valence electrons. The third-order valence-corrected chi connectivity index (χ3v) is 3.72. The molecule has 4 nitrogen and oxygen atoms in total. The zero-order chi connectivity index (χ0) is 13.7. The van der Waals surface area contributed by atoms with Crippen molar-refractivity contribution in [2.45, 2.75) is 25.3 Å². The standard InChI is InChI=1S/C15H21N3O/c1-15(12-16,17-2)8-10-18-9-5-11-19-14-7-4-3-6-13(14)18/h3-4,6-7,17H,5,8-11H2,1-2H3. The maximum atomic E-state index is 9.21.